The van der Waals surface area contributed by atoms with Crippen LogP contribution in [-0.2, 0) is 19.0 Å². The highest BCUT2D eigenvalue weighted by atomic mass is 32.1. The van der Waals surface area contributed by atoms with Crippen molar-refractivity contribution in [3.05, 3.63) is 88.9 Å². The average molecular weight is 520 g/mol. The lowest BCUT2D eigenvalue weighted by atomic mass is 10.1. The standard InChI is InChI=1S/C26H21N3O7S/c1-34-24(31)16-11-17(25(32)35-2)13-18(12-16)27-23(30)15-36-26(33)21-14-20(22-9-6-10-37-22)28-29(21)19-7-4-3-5-8-19/h3-14H,15H2,1-2H3,(H,27,30). The number of nitrogens with zero attached hydrogens (tertiary/aromatic N) is 2. The zero-order chi connectivity index (χ0) is 26.4. The van der Waals surface area contributed by atoms with Gasteiger partial charge in [0.15, 0.2) is 12.3 Å². The predicted molar refractivity (Wildman–Crippen MR) is 135 cm³/mol. The van der Waals surface area contributed by atoms with E-state index in [0.29, 0.717) is 11.4 Å². The molecule has 0 aliphatic carbocycles. The molecule has 0 atom stereocenters. The summed E-state index contributed by atoms with van der Waals surface area (Å²) in [4.78, 5) is 50.3. The topological polar surface area (TPSA) is 126 Å². The molecule has 2 aromatic heterocycles. The van der Waals surface area contributed by atoms with Crippen molar-refractivity contribution in [3.63, 3.8) is 0 Å². The van der Waals surface area contributed by atoms with Gasteiger partial charge >= 0.3 is 17.9 Å². The van der Waals surface area contributed by atoms with Gasteiger partial charge < -0.3 is 19.5 Å². The van der Waals surface area contributed by atoms with Crippen LogP contribution in [0, 0.1) is 0 Å². The van der Waals surface area contributed by atoms with Gasteiger partial charge in [0.2, 0.25) is 0 Å². The van der Waals surface area contributed by atoms with Crippen molar-refractivity contribution >= 4 is 40.8 Å². The Kier molecular flexibility index (Phi) is 7.74. The van der Waals surface area contributed by atoms with Crippen LogP contribution in [-0.4, -0.2) is 54.4 Å². The number of anilines is 1. The molecule has 188 valence electrons. The summed E-state index contributed by atoms with van der Waals surface area (Å²) < 4.78 is 16.1. The highest BCUT2D eigenvalue weighted by molar-refractivity contribution is 7.13. The molecule has 0 aliphatic rings. The molecule has 0 spiro atoms. The first-order valence-electron chi connectivity index (χ1n) is 10.9. The van der Waals surface area contributed by atoms with Crippen molar-refractivity contribution in [1.82, 2.24) is 9.78 Å². The number of ether oxygens (including phenoxy) is 3. The SMILES string of the molecule is COC(=O)c1cc(NC(=O)COC(=O)c2cc(-c3cccs3)nn2-c2ccccc2)cc(C(=O)OC)c1. The number of thiophene rings is 1. The number of para-hydroxylation sites is 1. The molecule has 0 bridgehead atoms. The van der Waals surface area contributed by atoms with E-state index < -0.39 is 30.4 Å². The minimum Gasteiger partial charge on any atom is -0.465 e. The van der Waals surface area contributed by atoms with Crippen LogP contribution in [0.15, 0.2) is 72.1 Å². The molecule has 0 saturated heterocycles. The van der Waals surface area contributed by atoms with Gasteiger partial charge in [0.25, 0.3) is 5.91 Å². The van der Waals surface area contributed by atoms with Crippen LogP contribution in [0.3, 0.4) is 0 Å². The molecule has 0 unspecified atom stereocenters. The van der Waals surface area contributed by atoms with Crippen LogP contribution in [0.4, 0.5) is 5.69 Å². The fourth-order valence-electron chi connectivity index (χ4n) is 3.41. The van der Waals surface area contributed by atoms with Gasteiger partial charge in [-0.15, -0.1) is 11.3 Å². The van der Waals surface area contributed by atoms with Crippen LogP contribution < -0.4 is 5.32 Å². The monoisotopic (exact) mass is 519 g/mol. The molecular formula is C26H21N3O7S. The van der Waals surface area contributed by atoms with E-state index in [1.165, 1.54) is 48.4 Å². The second kappa shape index (κ2) is 11.3. The number of benzene rings is 2. The lowest BCUT2D eigenvalue weighted by Crippen LogP contribution is -2.22. The second-order valence-corrected chi connectivity index (χ2v) is 8.49. The van der Waals surface area contributed by atoms with E-state index in [1.54, 1.807) is 18.2 Å². The third-order valence-electron chi connectivity index (χ3n) is 5.09. The van der Waals surface area contributed by atoms with Crippen LogP contribution in [0.1, 0.15) is 31.2 Å². The Morgan fingerprint density at radius 3 is 2.14 bits per heavy atom. The lowest BCUT2D eigenvalue weighted by Gasteiger charge is -2.10. The Bertz CT molecular complexity index is 1410. The van der Waals surface area contributed by atoms with Crippen LogP contribution in [0.5, 0.6) is 0 Å². The van der Waals surface area contributed by atoms with E-state index >= 15 is 0 Å². The lowest BCUT2D eigenvalue weighted by molar-refractivity contribution is -0.119. The summed E-state index contributed by atoms with van der Waals surface area (Å²) >= 11 is 1.48. The predicted octanol–water partition coefficient (Wildman–Crippen LogP) is 3.97. The van der Waals surface area contributed by atoms with Gasteiger partial charge in [0.1, 0.15) is 5.69 Å². The van der Waals surface area contributed by atoms with Gasteiger partial charge in [-0.2, -0.15) is 5.10 Å². The van der Waals surface area contributed by atoms with Crippen molar-refractivity contribution in [2.45, 2.75) is 0 Å². The quantitative estimate of drug-likeness (QED) is 0.274. The molecule has 1 N–H and O–H groups in total. The second-order valence-electron chi connectivity index (χ2n) is 7.55. The molecular weight excluding hydrogens is 498 g/mol. The number of nitrogens with one attached hydrogen (secondary N) is 1. The maximum absolute atomic E-state index is 13.0. The highest BCUT2D eigenvalue weighted by Crippen LogP contribution is 2.26. The summed E-state index contributed by atoms with van der Waals surface area (Å²) in [6, 6.07) is 18.4. The van der Waals surface area contributed by atoms with E-state index in [0.717, 1.165) is 4.88 Å². The van der Waals surface area contributed by atoms with E-state index in [-0.39, 0.29) is 22.5 Å². The Labute approximate surface area is 215 Å². The van der Waals surface area contributed by atoms with Crippen molar-refractivity contribution in [2.24, 2.45) is 0 Å². The third kappa shape index (κ3) is 5.90. The maximum Gasteiger partial charge on any atom is 0.357 e. The number of methoxy groups -OCH3 is 2. The van der Waals surface area contributed by atoms with E-state index in [2.05, 4.69) is 19.9 Å². The summed E-state index contributed by atoms with van der Waals surface area (Å²) in [6.45, 7) is -0.622. The van der Waals surface area contributed by atoms with Gasteiger partial charge in [-0.3, -0.25) is 4.79 Å². The minimum absolute atomic E-state index is 0.0329. The Balaban J connectivity index is 1.51. The molecule has 2 aromatic carbocycles. The molecule has 10 nitrogen and oxygen atoms in total. The van der Waals surface area contributed by atoms with Crippen LogP contribution in [0.25, 0.3) is 16.3 Å². The zero-order valence-electron chi connectivity index (χ0n) is 19.8. The fraction of sp³-hybridized carbons (Fsp3) is 0.115. The van der Waals surface area contributed by atoms with Gasteiger partial charge in [-0.1, -0.05) is 24.3 Å². The number of hydrogen-bond donors (Lipinski definition) is 1. The fourth-order valence-corrected chi connectivity index (χ4v) is 4.09. The van der Waals surface area contributed by atoms with E-state index in [4.69, 9.17) is 4.74 Å². The number of amides is 1. The van der Waals surface area contributed by atoms with Crippen molar-refractivity contribution in [2.75, 3.05) is 26.1 Å². The molecule has 11 heteroatoms. The van der Waals surface area contributed by atoms with Crippen molar-refractivity contribution < 1.29 is 33.4 Å². The number of carbonyl (C=O) groups is 4. The van der Waals surface area contributed by atoms with Gasteiger partial charge in [0.05, 0.1) is 35.9 Å². The molecule has 37 heavy (non-hydrogen) atoms. The van der Waals surface area contributed by atoms with Gasteiger partial charge in [-0.25, -0.2) is 19.1 Å². The highest BCUT2D eigenvalue weighted by Gasteiger charge is 2.21. The van der Waals surface area contributed by atoms with Crippen LogP contribution >= 0.6 is 11.3 Å². The first-order valence-corrected chi connectivity index (χ1v) is 11.8. The molecule has 2 heterocycles. The summed E-state index contributed by atoms with van der Waals surface area (Å²) in [7, 11) is 2.38. The van der Waals surface area contributed by atoms with Crippen LogP contribution in [0.2, 0.25) is 0 Å². The number of rotatable bonds is 8. The van der Waals surface area contributed by atoms with Crippen molar-refractivity contribution in [3.8, 4) is 16.3 Å². The third-order valence-corrected chi connectivity index (χ3v) is 5.98. The number of hydrogen-bond acceptors (Lipinski definition) is 9. The summed E-state index contributed by atoms with van der Waals surface area (Å²) in [6.07, 6.45) is 0. The normalized spacial score (nSPS) is 10.4. The smallest absolute Gasteiger partial charge is 0.357 e. The van der Waals surface area contributed by atoms with E-state index in [9.17, 15) is 19.2 Å². The largest absolute Gasteiger partial charge is 0.465 e. The zero-order valence-corrected chi connectivity index (χ0v) is 20.6. The minimum atomic E-state index is -0.757. The van der Waals surface area contributed by atoms with E-state index in [1.807, 2.05) is 35.7 Å². The van der Waals surface area contributed by atoms with Crippen molar-refractivity contribution in [1.29, 1.82) is 0 Å². The number of aromatic nitrogens is 2. The molecule has 0 aliphatic heterocycles. The molecule has 4 aromatic rings. The van der Waals surface area contributed by atoms with Gasteiger partial charge in [-0.05, 0) is 41.8 Å². The maximum atomic E-state index is 13.0. The Morgan fingerprint density at radius 1 is 0.865 bits per heavy atom. The van der Waals surface area contributed by atoms with Gasteiger partial charge in [0, 0.05) is 11.8 Å². The Hall–Kier alpha value is -4.77. The summed E-state index contributed by atoms with van der Waals surface area (Å²) in [5.41, 5.74) is 1.57. The molecule has 0 fully saturated rings. The number of carbonyl (C=O) groups excluding carboxylic acids is 4. The summed E-state index contributed by atoms with van der Waals surface area (Å²) in [5.74, 6) is -2.85. The molecule has 0 saturated carbocycles. The number of esters is 3. The molecule has 4 rings (SSSR count). The molecule has 0 radical (unpaired) electrons. The average Bonchev–Trinajstić information content (AvgIpc) is 3.61. The molecule has 1 amide bonds. The first kappa shape index (κ1) is 25.3. The summed E-state index contributed by atoms with van der Waals surface area (Å²) in [5, 5.41) is 8.96. The Morgan fingerprint density at radius 2 is 1.54 bits per heavy atom. The first-order chi connectivity index (χ1) is 17.9.